The second-order valence-corrected chi connectivity index (χ2v) is 4.75. The van der Waals surface area contributed by atoms with Gasteiger partial charge in [0.15, 0.2) is 23.0 Å². The molecule has 24 heavy (non-hydrogen) atoms. The highest BCUT2D eigenvalue weighted by Crippen LogP contribution is 2.27. The molecular formula is C17H18N2O5. The number of hydrogen-bond donors (Lipinski definition) is 3. The number of amides is 1. The van der Waals surface area contributed by atoms with Crippen molar-refractivity contribution < 1.29 is 24.5 Å². The third-order valence-electron chi connectivity index (χ3n) is 3.11. The number of phenols is 2. The second-order valence-electron chi connectivity index (χ2n) is 4.75. The fourth-order valence-corrected chi connectivity index (χ4v) is 1.93. The molecule has 0 bridgehead atoms. The summed E-state index contributed by atoms with van der Waals surface area (Å²) >= 11 is 0. The predicted molar refractivity (Wildman–Crippen MR) is 89.0 cm³/mol. The van der Waals surface area contributed by atoms with E-state index in [-0.39, 0.29) is 17.2 Å². The Kier molecular flexibility index (Phi) is 5.62. The summed E-state index contributed by atoms with van der Waals surface area (Å²) in [5.74, 6) is 0.0789. The minimum atomic E-state index is -0.451. The van der Waals surface area contributed by atoms with E-state index < -0.39 is 5.91 Å². The Morgan fingerprint density at radius 2 is 1.88 bits per heavy atom. The number of benzene rings is 2. The zero-order valence-corrected chi connectivity index (χ0v) is 13.3. The summed E-state index contributed by atoms with van der Waals surface area (Å²) in [6, 6.07) is 8.96. The van der Waals surface area contributed by atoms with Gasteiger partial charge in [0.2, 0.25) is 0 Å². The molecule has 0 fully saturated rings. The van der Waals surface area contributed by atoms with Crippen molar-refractivity contribution in [3.05, 3.63) is 47.5 Å². The monoisotopic (exact) mass is 330 g/mol. The maximum absolute atomic E-state index is 12.0. The number of phenolic OH excluding ortho intramolecular Hbond substituents is 2. The maximum Gasteiger partial charge on any atom is 0.271 e. The molecule has 0 aliphatic rings. The van der Waals surface area contributed by atoms with E-state index in [0.717, 1.165) is 0 Å². The van der Waals surface area contributed by atoms with Gasteiger partial charge in [0.05, 0.1) is 19.9 Å². The van der Waals surface area contributed by atoms with Gasteiger partial charge in [-0.1, -0.05) is 0 Å². The van der Waals surface area contributed by atoms with Crippen LogP contribution in [0.3, 0.4) is 0 Å². The molecule has 7 nitrogen and oxygen atoms in total. The molecule has 2 aromatic rings. The fraction of sp³-hybridized carbons (Fsp3) is 0.176. The van der Waals surface area contributed by atoms with Crippen LogP contribution in [-0.2, 0) is 0 Å². The average molecular weight is 330 g/mol. The van der Waals surface area contributed by atoms with E-state index in [1.807, 2.05) is 6.92 Å². The maximum atomic E-state index is 12.0. The molecule has 0 atom stereocenters. The van der Waals surface area contributed by atoms with Crippen LogP contribution in [0, 0.1) is 0 Å². The third-order valence-corrected chi connectivity index (χ3v) is 3.11. The van der Waals surface area contributed by atoms with Crippen molar-refractivity contribution in [1.29, 1.82) is 0 Å². The molecule has 0 aromatic heterocycles. The lowest BCUT2D eigenvalue weighted by Crippen LogP contribution is -2.17. The lowest BCUT2D eigenvalue weighted by Gasteiger charge is -2.06. The Morgan fingerprint density at radius 3 is 2.58 bits per heavy atom. The van der Waals surface area contributed by atoms with Gasteiger partial charge < -0.3 is 19.7 Å². The number of methoxy groups -OCH3 is 1. The largest absolute Gasteiger partial charge is 0.504 e. The molecule has 0 aliphatic heterocycles. The molecule has 3 N–H and O–H groups in total. The summed E-state index contributed by atoms with van der Waals surface area (Å²) in [7, 11) is 1.40. The summed E-state index contributed by atoms with van der Waals surface area (Å²) in [6.45, 7) is 2.24. The van der Waals surface area contributed by atoms with Gasteiger partial charge >= 0.3 is 0 Å². The number of ether oxygens (including phenoxy) is 2. The van der Waals surface area contributed by atoms with Crippen molar-refractivity contribution in [2.75, 3.05) is 13.7 Å². The normalized spacial score (nSPS) is 10.6. The SMILES string of the molecule is CCOc1cc(/C=N\NC(=O)c2ccc(O)c(OC)c2)ccc1O. The van der Waals surface area contributed by atoms with Crippen LogP contribution in [0.2, 0.25) is 0 Å². The average Bonchev–Trinajstić information content (AvgIpc) is 2.58. The minimum Gasteiger partial charge on any atom is -0.504 e. The quantitative estimate of drug-likeness (QED) is 0.557. The van der Waals surface area contributed by atoms with E-state index in [4.69, 9.17) is 9.47 Å². The highest BCUT2D eigenvalue weighted by Gasteiger charge is 2.09. The molecule has 0 unspecified atom stereocenters. The zero-order chi connectivity index (χ0) is 17.5. The standard InChI is InChI=1S/C17H18N2O5/c1-3-24-16-8-11(4-6-14(16)21)10-18-19-17(22)12-5-7-13(20)15(9-12)23-2/h4-10,20-21H,3H2,1-2H3,(H,19,22)/b18-10-. The van der Waals surface area contributed by atoms with Gasteiger partial charge in [-0.2, -0.15) is 5.10 Å². The zero-order valence-electron chi connectivity index (χ0n) is 13.3. The number of rotatable bonds is 6. The van der Waals surface area contributed by atoms with Gasteiger partial charge in [0, 0.05) is 5.56 Å². The van der Waals surface area contributed by atoms with E-state index in [0.29, 0.717) is 23.5 Å². The summed E-state index contributed by atoms with van der Waals surface area (Å²) in [6.07, 6.45) is 1.43. The van der Waals surface area contributed by atoms with Crippen LogP contribution in [0.25, 0.3) is 0 Å². The molecule has 7 heteroatoms. The van der Waals surface area contributed by atoms with Crippen LogP contribution < -0.4 is 14.9 Å². The Hall–Kier alpha value is -3.22. The van der Waals surface area contributed by atoms with Crippen molar-refractivity contribution in [1.82, 2.24) is 5.43 Å². The minimum absolute atomic E-state index is 0.0363. The number of aromatic hydroxyl groups is 2. The predicted octanol–water partition coefficient (Wildman–Crippen LogP) is 2.27. The topological polar surface area (TPSA) is 100 Å². The molecule has 2 rings (SSSR count). The van der Waals surface area contributed by atoms with Gasteiger partial charge in [0.1, 0.15) is 0 Å². The van der Waals surface area contributed by atoms with Gasteiger partial charge in [0.25, 0.3) is 5.91 Å². The lowest BCUT2D eigenvalue weighted by molar-refractivity contribution is 0.0954. The summed E-state index contributed by atoms with van der Waals surface area (Å²) < 4.78 is 10.2. The molecule has 0 aliphatic carbocycles. The number of hydrogen-bond acceptors (Lipinski definition) is 6. The molecule has 1 amide bonds. The molecule has 2 aromatic carbocycles. The van der Waals surface area contributed by atoms with Crippen molar-refractivity contribution in [3.8, 4) is 23.0 Å². The molecule has 0 radical (unpaired) electrons. The second kappa shape index (κ2) is 7.87. The van der Waals surface area contributed by atoms with Gasteiger partial charge in [-0.25, -0.2) is 5.43 Å². The molecular weight excluding hydrogens is 312 g/mol. The molecule has 0 saturated heterocycles. The fourth-order valence-electron chi connectivity index (χ4n) is 1.93. The Labute approximate surface area is 139 Å². The lowest BCUT2D eigenvalue weighted by atomic mass is 10.2. The van der Waals surface area contributed by atoms with Crippen LogP contribution in [0.5, 0.6) is 23.0 Å². The molecule has 0 spiro atoms. The summed E-state index contributed by atoms with van der Waals surface area (Å²) in [5, 5.41) is 23.0. The third kappa shape index (κ3) is 4.16. The molecule has 126 valence electrons. The number of nitrogens with zero attached hydrogens (tertiary/aromatic N) is 1. The first-order valence-electron chi connectivity index (χ1n) is 7.21. The van der Waals surface area contributed by atoms with Crippen LogP contribution in [-0.4, -0.2) is 36.1 Å². The highest BCUT2D eigenvalue weighted by molar-refractivity contribution is 5.95. The van der Waals surface area contributed by atoms with E-state index >= 15 is 0 Å². The van der Waals surface area contributed by atoms with E-state index in [9.17, 15) is 15.0 Å². The Bertz CT molecular complexity index is 759. The van der Waals surface area contributed by atoms with Crippen LogP contribution >= 0.6 is 0 Å². The van der Waals surface area contributed by atoms with Crippen molar-refractivity contribution in [2.45, 2.75) is 6.92 Å². The number of carbonyl (C=O) groups excluding carboxylic acids is 1. The first-order valence-corrected chi connectivity index (χ1v) is 7.21. The first-order chi connectivity index (χ1) is 11.5. The van der Waals surface area contributed by atoms with E-state index in [1.165, 1.54) is 37.6 Å². The van der Waals surface area contributed by atoms with E-state index in [2.05, 4.69) is 10.5 Å². The summed E-state index contributed by atoms with van der Waals surface area (Å²) in [4.78, 5) is 12.0. The smallest absolute Gasteiger partial charge is 0.271 e. The Morgan fingerprint density at radius 1 is 1.17 bits per heavy atom. The van der Waals surface area contributed by atoms with Crippen molar-refractivity contribution in [2.24, 2.45) is 5.10 Å². The van der Waals surface area contributed by atoms with Crippen LogP contribution in [0.1, 0.15) is 22.8 Å². The van der Waals surface area contributed by atoms with E-state index in [1.54, 1.807) is 12.1 Å². The van der Waals surface area contributed by atoms with Gasteiger partial charge in [-0.15, -0.1) is 0 Å². The highest BCUT2D eigenvalue weighted by atomic mass is 16.5. The van der Waals surface area contributed by atoms with Gasteiger partial charge in [-0.05, 0) is 48.9 Å². The van der Waals surface area contributed by atoms with Gasteiger partial charge in [-0.3, -0.25) is 4.79 Å². The van der Waals surface area contributed by atoms with Crippen LogP contribution in [0.4, 0.5) is 0 Å². The molecule has 0 heterocycles. The summed E-state index contributed by atoms with van der Waals surface area (Å²) in [5.41, 5.74) is 3.32. The Balaban J connectivity index is 2.06. The number of hydrazone groups is 1. The van der Waals surface area contributed by atoms with Crippen LogP contribution in [0.15, 0.2) is 41.5 Å². The van der Waals surface area contributed by atoms with Crippen molar-refractivity contribution >= 4 is 12.1 Å². The first kappa shape index (κ1) is 17.1. The van der Waals surface area contributed by atoms with Crippen molar-refractivity contribution in [3.63, 3.8) is 0 Å². The number of carbonyl (C=O) groups is 1. The number of nitrogens with one attached hydrogen (secondary N) is 1. The molecule has 0 saturated carbocycles.